The van der Waals surface area contributed by atoms with Crippen molar-refractivity contribution in [3.8, 4) is 17.2 Å². The van der Waals surface area contributed by atoms with Crippen molar-refractivity contribution in [3.05, 3.63) is 51.7 Å². The van der Waals surface area contributed by atoms with Gasteiger partial charge in [-0.1, -0.05) is 26.7 Å². The second-order valence-electron chi connectivity index (χ2n) is 7.40. The number of rotatable bonds is 8. The zero-order chi connectivity index (χ0) is 21.0. The summed E-state index contributed by atoms with van der Waals surface area (Å²) in [6.45, 7) is 4.15. The number of unbranched alkanes of at least 4 members (excludes halogenated alkanes) is 2. The summed E-state index contributed by atoms with van der Waals surface area (Å²) in [6.07, 6.45) is 7.92. The molecule has 1 heterocycles. The molecule has 1 aromatic heterocycles. The number of ether oxygens (including phenoxy) is 3. The average molecular weight is 399 g/mol. The molecule has 0 aliphatic heterocycles. The van der Waals surface area contributed by atoms with Gasteiger partial charge in [0.25, 0.3) is 5.56 Å². The summed E-state index contributed by atoms with van der Waals surface area (Å²) < 4.78 is 16.9. The summed E-state index contributed by atoms with van der Waals surface area (Å²) in [5, 5.41) is 11.3. The summed E-state index contributed by atoms with van der Waals surface area (Å²) in [7, 11) is 3.21. The van der Waals surface area contributed by atoms with E-state index >= 15 is 0 Å². The van der Waals surface area contributed by atoms with Crippen LogP contribution in [-0.4, -0.2) is 24.3 Å². The van der Waals surface area contributed by atoms with Gasteiger partial charge in [0, 0.05) is 23.8 Å². The lowest BCUT2D eigenvalue weighted by atomic mass is 9.99. The molecule has 156 valence electrons. The van der Waals surface area contributed by atoms with Crippen molar-refractivity contribution in [1.29, 1.82) is 0 Å². The smallest absolute Gasteiger partial charge is 0.255 e. The van der Waals surface area contributed by atoms with E-state index in [2.05, 4.69) is 11.9 Å². The Hall–Kier alpha value is -2.89. The van der Waals surface area contributed by atoms with Gasteiger partial charge in [0.15, 0.2) is 5.75 Å². The van der Waals surface area contributed by atoms with E-state index in [0.29, 0.717) is 34.4 Å². The number of nitrogens with one attached hydrogen (secondary N) is 1. The molecule has 0 spiro atoms. The summed E-state index contributed by atoms with van der Waals surface area (Å²) >= 11 is 0. The molecule has 1 aromatic carbocycles. The van der Waals surface area contributed by atoms with Gasteiger partial charge in [-0.15, -0.1) is 0 Å². The first-order valence-electron chi connectivity index (χ1n) is 10.1. The van der Waals surface area contributed by atoms with Gasteiger partial charge in [0.2, 0.25) is 0 Å². The lowest BCUT2D eigenvalue weighted by molar-refractivity contribution is 0.248. The number of aromatic hydroxyl groups is 1. The molecule has 0 radical (unpaired) electrons. The van der Waals surface area contributed by atoms with Gasteiger partial charge in [0.1, 0.15) is 17.3 Å². The average Bonchev–Trinajstić information content (AvgIpc) is 2.72. The first kappa shape index (κ1) is 20.8. The molecule has 1 atom stereocenters. The summed E-state index contributed by atoms with van der Waals surface area (Å²) in [5.74, 6) is 2.75. The molecular formula is C23H29NO5. The molecule has 0 saturated heterocycles. The number of aromatic amines is 1. The second kappa shape index (κ2) is 9.07. The Morgan fingerprint density at radius 3 is 2.62 bits per heavy atom. The van der Waals surface area contributed by atoms with Crippen LogP contribution in [0.1, 0.15) is 45.1 Å². The predicted molar refractivity (Wildman–Crippen MR) is 114 cm³/mol. The van der Waals surface area contributed by atoms with Gasteiger partial charge in [-0.05, 0) is 31.1 Å². The maximum absolute atomic E-state index is 12.7. The topological polar surface area (TPSA) is 80.8 Å². The molecule has 0 saturated carbocycles. The van der Waals surface area contributed by atoms with Crippen LogP contribution in [0.2, 0.25) is 0 Å². The zero-order valence-electron chi connectivity index (χ0n) is 17.5. The third-order valence-corrected chi connectivity index (χ3v) is 5.31. The number of H-pyrrole nitrogens is 1. The maximum Gasteiger partial charge on any atom is 0.255 e. The van der Waals surface area contributed by atoms with Gasteiger partial charge in [-0.25, -0.2) is 0 Å². The molecule has 2 N–H and O–H groups in total. The third kappa shape index (κ3) is 4.42. The van der Waals surface area contributed by atoms with Crippen LogP contribution in [0.3, 0.4) is 0 Å². The van der Waals surface area contributed by atoms with Gasteiger partial charge in [-0.2, -0.15) is 0 Å². The minimum atomic E-state index is -0.284. The molecule has 0 bridgehead atoms. The predicted octanol–water partition coefficient (Wildman–Crippen LogP) is 4.81. The Labute approximate surface area is 170 Å². The fraction of sp³-hybridized carbons (Fsp3) is 0.435. The van der Waals surface area contributed by atoms with E-state index in [1.165, 1.54) is 0 Å². The van der Waals surface area contributed by atoms with Gasteiger partial charge in [0.05, 0.1) is 31.1 Å². The van der Waals surface area contributed by atoms with Gasteiger partial charge in [-0.3, -0.25) is 4.79 Å². The number of hydrogen-bond acceptors (Lipinski definition) is 5. The van der Waals surface area contributed by atoms with Crippen molar-refractivity contribution in [2.45, 2.75) is 46.0 Å². The van der Waals surface area contributed by atoms with Crippen LogP contribution in [0.15, 0.2) is 40.6 Å². The highest BCUT2D eigenvalue weighted by atomic mass is 16.5. The van der Waals surface area contributed by atoms with Crippen LogP contribution < -0.4 is 15.0 Å². The van der Waals surface area contributed by atoms with E-state index in [4.69, 9.17) is 14.2 Å². The summed E-state index contributed by atoms with van der Waals surface area (Å²) in [4.78, 5) is 15.6. The molecule has 0 fully saturated rings. The van der Waals surface area contributed by atoms with Gasteiger partial charge < -0.3 is 24.3 Å². The van der Waals surface area contributed by atoms with E-state index < -0.39 is 0 Å². The highest BCUT2D eigenvalue weighted by Gasteiger charge is 2.21. The van der Waals surface area contributed by atoms with Crippen LogP contribution in [0.4, 0.5) is 0 Å². The number of fused-ring (bicyclic) bond motifs is 1. The quantitative estimate of drug-likeness (QED) is 0.623. The van der Waals surface area contributed by atoms with Crippen molar-refractivity contribution in [2.24, 2.45) is 5.92 Å². The molecule has 1 aliphatic rings. The molecular weight excluding hydrogens is 370 g/mol. The van der Waals surface area contributed by atoms with E-state index in [-0.39, 0.29) is 17.2 Å². The van der Waals surface area contributed by atoms with Crippen LogP contribution in [0.25, 0.3) is 10.9 Å². The molecule has 0 amide bonds. The fourth-order valence-electron chi connectivity index (χ4n) is 3.57. The first-order chi connectivity index (χ1) is 14.0. The van der Waals surface area contributed by atoms with E-state index in [0.717, 1.165) is 37.2 Å². The molecule has 1 unspecified atom stereocenters. The standard InChI is InChI=1S/C23H29NO5/c1-5-6-7-8-17-22(25)18-12-16(28-4)13-20(21(18)24-23(17)26)29-19-10-9-15(27-3)11-14(19)2/h9-10,12-14H,5-8,11H2,1-4H3,(H2,24,25,26). The number of aromatic nitrogens is 1. The van der Waals surface area contributed by atoms with Gasteiger partial charge >= 0.3 is 0 Å². The fourth-order valence-corrected chi connectivity index (χ4v) is 3.57. The van der Waals surface area contributed by atoms with E-state index in [1.54, 1.807) is 26.4 Å². The Morgan fingerprint density at radius 2 is 1.97 bits per heavy atom. The number of hydrogen-bond donors (Lipinski definition) is 2. The Morgan fingerprint density at radius 1 is 1.17 bits per heavy atom. The molecule has 2 aromatic rings. The minimum absolute atomic E-state index is 0.00385. The molecule has 6 heteroatoms. The van der Waals surface area contributed by atoms with Crippen molar-refractivity contribution < 1.29 is 19.3 Å². The largest absolute Gasteiger partial charge is 0.507 e. The molecule has 3 rings (SSSR count). The monoisotopic (exact) mass is 399 g/mol. The van der Waals surface area contributed by atoms with Crippen molar-refractivity contribution in [3.63, 3.8) is 0 Å². The number of methoxy groups -OCH3 is 2. The van der Waals surface area contributed by atoms with Crippen LogP contribution in [0.5, 0.6) is 17.2 Å². The number of benzene rings is 1. The third-order valence-electron chi connectivity index (χ3n) is 5.31. The first-order valence-corrected chi connectivity index (χ1v) is 10.1. The Balaban J connectivity index is 2.07. The molecule has 1 aliphatic carbocycles. The van der Waals surface area contributed by atoms with Crippen LogP contribution >= 0.6 is 0 Å². The van der Waals surface area contributed by atoms with Crippen molar-refractivity contribution in [1.82, 2.24) is 4.98 Å². The molecule has 6 nitrogen and oxygen atoms in total. The molecule has 29 heavy (non-hydrogen) atoms. The van der Waals surface area contributed by atoms with E-state index in [1.807, 2.05) is 19.1 Å². The van der Waals surface area contributed by atoms with Crippen molar-refractivity contribution >= 4 is 10.9 Å². The summed E-state index contributed by atoms with van der Waals surface area (Å²) in [6, 6.07) is 3.44. The normalized spacial score (nSPS) is 16.3. The zero-order valence-corrected chi connectivity index (χ0v) is 17.5. The summed E-state index contributed by atoms with van der Waals surface area (Å²) in [5.41, 5.74) is 0.582. The highest BCUT2D eigenvalue weighted by molar-refractivity contribution is 5.92. The minimum Gasteiger partial charge on any atom is -0.507 e. The Bertz CT molecular complexity index is 1000. The van der Waals surface area contributed by atoms with Crippen LogP contribution in [0, 0.1) is 5.92 Å². The highest BCUT2D eigenvalue weighted by Crippen LogP contribution is 2.38. The SMILES string of the molecule is CCCCCc1c(O)c2cc(OC)cc(OC3=CC=C(OC)CC3C)c2[nH]c1=O. The van der Waals surface area contributed by atoms with E-state index in [9.17, 15) is 9.90 Å². The maximum atomic E-state index is 12.7. The lowest BCUT2D eigenvalue weighted by Gasteiger charge is -2.22. The Kier molecular flexibility index (Phi) is 6.52. The number of allylic oxidation sites excluding steroid dienone is 4. The van der Waals surface area contributed by atoms with Crippen molar-refractivity contribution in [2.75, 3.05) is 14.2 Å². The van der Waals surface area contributed by atoms with Crippen LogP contribution in [-0.2, 0) is 11.2 Å². The number of pyridine rings is 1. The second-order valence-corrected chi connectivity index (χ2v) is 7.40. The lowest BCUT2D eigenvalue weighted by Crippen LogP contribution is -2.15.